The van der Waals surface area contributed by atoms with E-state index in [1.165, 1.54) is 38.5 Å². The molecule has 0 aromatic carbocycles. The number of hydrogen-bond acceptors (Lipinski definition) is 3. The third-order valence-electron chi connectivity index (χ3n) is 8.50. The van der Waals surface area contributed by atoms with E-state index < -0.39 is 0 Å². The first-order valence-electron chi connectivity index (χ1n) is 9.38. The predicted octanol–water partition coefficient (Wildman–Crippen LogP) is 4.22. The minimum Gasteiger partial charge on any atom is -0.411 e. The lowest BCUT2D eigenvalue weighted by atomic mass is 9.45. The third kappa shape index (κ3) is 1.87. The Morgan fingerprint density at radius 1 is 1.00 bits per heavy atom. The van der Waals surface area contributed by atoms with Gasteiger partial charge in [-0.25, -0.2) is 0 Å². The maximum absolute atomic E-state index is 10.1. The SMILES string of the molecule is C[C@]12CC[C@H](O)C[C@@H]1CC[C@@H]1[C@@H]2CC[C@]2(C)/C(=N/O)CC[C@@H]12. The molecule has 0 saturated heterocycles. The summed E-state index contributed by atoms with van der Waals surface area (Å²) >= 11 is 0. The van der Waals surface area contributed by atoms with E-state index in [0.29, 0.717) is 5.41 Å². The largest absolute Gasteiger partial charge is 0.411 e. The molecular formula is C19H31NO2. The Morgan fingerprint density at radius 3 is 2.59 bits per heavy atom. The summed E-state index contributed by atoms with van der Waals surface area (Å²) in [6, 6.07) is 0. The molecule has 22 heavy (non-hydrogen) atoms. The van der Waals surface area contributed by atoms with Crippen molar-refractivity contribution in [2.75, 3.05) is 0 Å². The molecule has 0 unspecified atom stereocenters. The van der Waals surface area contributed by atoms with Crippen LogP contribution in [0.3, 0.4) is 0 Å². The normalized spacial score (nSPS) is 56.3. The van der Waals surface area contributed by atoms with Gasteiger partial charge < -0.3 is 10.3 Å². The van der Waals surface area contributed by atoms with Crippen LogP contribution in [0.25, 0.3) is 0 Å². The maximum atomic E-state index is 10.1. The fraction of sp³-hybridized carbons (Fsp3) is 0.947. The molecule has 4 aliphatic carbocycles. The molecular weight excluding hydrogens is 274 g/mol. The highest BCUT2D eigenvalue weighted by Gasteiger charge is 2.59. The van der Waals surface area contributed by atoms with Crippen LogP contribution in [-0.4, -0.2) is 22.1 Å². The fourth-order valence-corrected chi connectivity index (χ4v) is 7.19. The van der Waals surface area contributed by atoms with Gasteiger partial charge in [0.25, 0.3) is 0 Å². The predicted molar refractivity (Wildman–Crippen MR) is 87.0 cm³/mol. The van der Waals surface area contributed by atoms with Gasteiger partial charge in [0.1, 0.15) is 0 Å². The molecule has 4 saturated carbocycles. The summed E-state index contributed by atoms with van der Waals surface area (Å²) in [6.45, 7) is 4.88. The molecule has 0 aliphatic heterocycles. The maximum Gasteiger partial charge on any atom is 0.0632 e. The topological polar surface area (TPSA) is 52.8 Å². The molecule has 4 aliphatic rings. The number of fused-ring (bicyclic) bond motifs is 5. The second kappa shape index (κ2) is 4.96. The Bertz CT molecular complexity index is 490. The molecule has 0 heterocycles. The van der Waals surface area contributed by atoms with E-state index in [1.807, 2.05) is 0 Å². The molecule has 0 aromatic rings. The zero-order chi connectivity index (χ0) is 15.5. The summed E-state index contributed by atoms with van der Waals surface area (Å²) in [5.41, 5.74) is 1.68. The van der Waals surface area contributed by atoms with Gasteiger partial charge in [0.2, 0.25) is 0 Å². The smallest absolute Gasteiger partial charge is 0.0632 e. The van der Waals surface area contributed by atoms with Gasteiger partial charge in [0, 0.05) is 5.41 Å². The van der Waals surface area contributed by atoms with Crippen molar-refractivity contribution in [1.29, 1.82) is 0 Å². The summed E-state index contributed by atoms with van der Waals surface area (Å²) in [4.78, 5) is 0. The quantitative estimate of drug-likeness (QED) is 0.520. The van der Waals surface area contributed by atoms with Crippen LogP contribution in [0.5, 0.6) is 0 Å². The summed E-state index contributed by atoms with van der Waals surface area (Å²) in [7, 11) is 0. The average Bonchev–Trinajstić information content (AvgIpc) is 2.84. The van der Waals surface area contributed by atoms with Crippen molar-refractivity contribution in [2.45, 2.75) is 77.7 Å². The first-order chi connectivity index (χ1) is 10.5. The Morgan fingerprint density at radius 2 is 1.82 bits per heavy atom. The molecule has 4 rings (SSSR count). The van der Waals surface area contributed by atoms with Gasteiger partial charge in [-0.1, -0.05) is 19.0 Å². The van der Waals surface area contributed by atoms with E-state index >= 15 is 0 Å². The van der Waals surface area contributed by atoms with E-state index in [1.54, 1.807) is 0 Å². The molecule has 2 N–H and O–H groups in total. The molecule has 4 fully saturated rings. The average molecular weight is 305 g/mol. The molecule has 124 valence electrons. The van der Waals surface area contributed by atoms with Crippen molar-refractivity contribution in [3.05, 3.63) is 0 Å². The van der Waals surface area contributed by atoms with E-state index in [2.05, 4.69) is 19.0 Å². The van der Waals surface area contributed by atoms with Gasteiger partial charge in [0.05, 0.1) is 11.8 Å². The van der Waals surface area contributed by atoms with Gasteiger partial charge in [-0.05, 0) is 86.9 Å². The minimum absolute atomic E-state index is 0.0527. The Kier molecular flexibility index (Phi) is 3.38. The Balaban J connectivity index is 1.63. The summed E-state index contributed by atoms with van der Waals surface area (Å²) in [5.74, 6) is 3.10. The number of aliphatic hydroxyl groups excluding tert-OH is 1. The van der Waals surface area contributed by atoms with Gasteiger partial charge in [-0.2, -0.15) is 0 Å². The van der Waals surface area contributed by atoms with Gasteiger partial charge in [0.15, 0.2) is 0 Å². The molecule has 0 bridgehead atoms. The standard InChI is InChI=1S/C19H31NO2/c1-18-9-7-13(21)11-12(18)3-4-14-15-5-6-17(20-22)19(15,2)10-8-16(14)18/h12-16,21-22H,3-11H2,1-2H3/b20-17+/t12-,13-,14-,15-,16-,18-,19-/m0/s1. The van der Waals surface area contributed by atoms with E-state index in [9.17, 15) is 10.3 Å². The minimum atomic E-state index is -0.0527. The number of aliphatic hydroxyl groups is 1. The van der Waals surface area contributed by atoms with Crippen LogP contribution in [0.1, 0.15) is 71.6 Å². The lowest BCUT2D eigenvalue weighted by Gasteiger charge is -2.60. The third-order valence-corrected chi connectivity index (χ3v) is 8.50. The van der Waals surface area contributed by atoms with Gasteiger partial charge in [-0.15, -0.1) is 0 Å². The van der Waals surface area contributed by atoms with Gasteiger partial charge >= 0.3 is 0 Å². The summed E-state index contributed by atoms with van der Waals surface area (Å²) < 4.78 is 0. The lowest BCUT2D eigenvalue weighted by Crippen LogP contribution is -2.54. The highest BCUT2D eigenvalue weighted by molar-refractivity contribution is 5.91. The zero-order valence-corrected chi connectivity index (χ0v) is 14.1. The van der Waals surface area contributed by atoms with Crippen LogP contribution in [0.15, 0.2) is 5.16 Å². The molecule has 0 amide bonds. The molecule has 7 atom stereocenters. The Hall–Kier alpha value is -0.570. The van der Waals surface area contributed by atoms with E-state index in [4.69, 9.17) is 0 Å². The zero-order valence-electron chi connectivity index (χ0n) is 14.1. The van der Waals surface area contributed by atoms with Crippen LogP contribution >= 0.6 is 0 Å². The Labute approximate surface area is 134 Å². The highest BCUT2D eigenvalue weighted by atomic mass is 16.4. The van der Waals surface area contributed by atoms with Gasteiger partial charge in [-0.3, -0.25) is 0 Å². The molecule has 3 heteroatoms. The lowest BCUT2D eigenvalue weighted by molar-refractivity contribution is -0.114. The van der Waals surface area contributed by atoms with Crippen molar-refractivity contribution in [3.63, 3.8) is 0 Å². The van der Waals surface area contributed by atoms with Crippen LogP contribution in [0, 0.1) is 34.5 Å². The summed E-state index contributed by atoms with van der Waals surface area (Å²) in [6.07, 6.45) is 10.5. The van der Waals surface area contributed by atoms with Crippen LogP contribution in [0.4, 0.5) is 0 Å². The van der Waals surface area contributed by atoms with Crippen molar-refractivity contribution in [2.24, 2.45) is 39.7 Å². The molecule has 0 spiro atoms. The van der Waals surface area contributed by atoms with E-state index in [-0.39, 0.29) is 11.5 Å². The first-order valence-corrected chi connectivity index (χ1v) is 9.38. The number of rotatable bonds is 0. The number of nitrogens with zero attached hydrogens (tertiary/aromatic N) is 1. The summed E-state index contributed by atoms with van der Waals surface area (Å²) in [5, 5.41) is 23.1. The molecule has 0 radical (unpaired) electrons. The van der Waals surface area contributed by atoms with Crippen molar-refractivity contribution < 1.29 is 10.3 Å². The number of hydrogen-bond donors (Lipinski definition) is 2. The van der Waals surface area contributed by atoms with Crippen LogP contribution < -0.4 is 0 Å². The van der Waals surface area contributed by atoms with Crippen LogP contribution in [-0.2, 0) is 0 Å². The van der Waals surface area contributed by atoms with Crippen molar-refractivity contribution in [3.8, 4) is 0 Å². The van der Waals surface area contributed by atoms with Crippen LogP contribution in [0.2, 0.25) is 0 Å². The fourth-order valence-electron chi connectivity index (χ4n) is 7.19. The number of oxime groups is 1. The van der Waals surface area contributed by atoms with Crippen molar-refractivity contribution in [1.82, 2.24) is 0 Å². The van der Waals surface area contributed by atoms with E-state index in [0.717, 1.165) is 48.6 Å². The second-order valence-corrected chi connectivity index (χ2v) is 9.13. The first kappa shape index (κ1) is 15.0. The molecule has 0 aromatic heterocycles. The van der Waals surface area contributed by atoms with Crippen molar-refractivity contribution >= 4 is 5.71 Å². The molecule has 3 nitrogen and oxygen atoms in total. The highest BCUT2D eigenvalue weighted by Crippen LogP contribution is 2.65. The second-order valence-electron chi connectivity index (χ2n) is 9.13. The monoisotopic (exact) mass is 305 g/mol.